The summed E-state index contributed by atoms with van der Waals surface area (Å²) in [4.78, 5) is 30.1. The van der Waals surface area contributed by atoms with Gasteiger partial charge in [-0.2, -0.15) is 0 Å². The van der Waals surface area contributed by atoms with Crippen molar-refractivity contribution in [2.45, 2.75) is 31.6 Å². The molecule has 0 unspecified atom stereocenters. The summed E-state index contributed by atoms with van der Waals surface area (Å²) < 4.78 is 5.70. The molecule has 0 radical (unpaired) electrons. The van der Waals surface area contributed by atoms with Gasteiger partial charge in [0.05, 0.1) is 5.01 Å². The molecule has 0 bridgehead atoms. The third-order valence-electron chi connectivity index (χ3n) is 4.98. The zero-order chi connectivity index (χ0) is 17.9. The van der Waals surface area contributed by atoms with Crippen molar-refractivity contribution in [1.82, 2.24) is 9.88 Å². The Labute approximate surface area is 156 Å². The fourth-order valence-electron chi connectivity index (χ4n) is 3.50. The Balaban J connectivity index is 1.29. The number of amides is 2. The lowest BCUT2D eigenvalue weighted by Gasteiger charge is -2.31. The molecule has 1 N–H and O–H groups in total. The van der Waals surface area contributed by atoms with Gasteiger partial charge in [-0.3, -0.25) is 9.59 Å². The van der Waals surface area contributed by atoms with Gasteiger partial charge in [-0.05, 0) is 43.0 Å². The first-order valence-electron chi connectivity index (χ1n) is 8.92. The Morgan fingerprint density at radius 3 is 2.92 bits per heavy atom. The molecule has 1 aromatic heterocycles. The summed E-state index contributed by atoms with van der Waals surface area (Å²) in [5, 5.41) is 6.03. The molecule has 7 heteroatoms. The standard InChI is InChI=1S/C19H21N3O3S/c23-17-4-1-14-11-15(2-3-16(14)21-17)25-12-18(24)22-8-5-13(6-9-22)19-20-7-10-26-19/h2-3,7,10-11,13H,1,4-6,8-9,12H2,(H,21,23). The van der Waals surface area contributed by atoms with Crippen LogP contribution < -0.4 is 10.1 Å². The van der Waals surface area contributed by atoms with Crippen LogP contribution in [0.3, 0.4) is 0 Å². The number of aromatic nitrogens is 1. The van der Waals surface area contributed by atoms with E-state index in [1.165, 1.54) is 5.01 Å². The number of fused-ring (bicyclic) bond motifs is 1. The summed E-state index contributed by atoms with van der Waals surface area (Å²) in [7, 11) is 0. The second-order valence-electron chi connectivity index (χ2n) is 6.68. The maximum Gasteiger partial charge on any atom is 0.260 e. The second-order valence-corrected chi connectivity index (χ2v) is 7.61. The second kappa shape index (κ2) is 7.45. The molecule has 0 spiro atoms. The average Bonchev–Trinajstić information content (AvgIpc) is 3.21. The van der Waals surface area contributed by atoms with Crippen molar-refractivity contribution in [3.05, 3.63) is 40.3 Å². The van der Waals surface area contributed by atoms with Gasteiger partial charge in [0.15, 0.2) is 6.61 Å². The van der Waals surface area contributed by atoms with Crippen LogP contribution in [0.2, 0.25) is 0 Å². The summed E-state index contributed by atoms with van der Waals surface area (Å²) in [6, 6.07) is 5.55. The summed E-state index contributed by atoms with van der Waals surface area (Å²) >= 11 is 1.69. The van der Waals surface area contributed by atoms with E-state index in [2.05, 4.69) is 10.3 Å². The highest BCUT2D eigenvalue weighted by Gasteiger charge is 2.25. The molecule has 2 amide bonds. The average molecular weight is 371 g/mol. The molecule has 3 heterocycles. The number of thiazole rings is 1. The molecule has 1 aromatic carbocycles. The van der Waals surface area contributed by atoms with Crippen LogP contribution in [0, 0.1) is 0 Å². The third kappa shape index (κ3) is 3.72. The number of hydrogen-bond donors (Lipinski definition) is 1. The number of carbonyl (C=O) groups is 2. The minimum atomic E-state index is 0.0219. The van der Waals surface area contributed by atoms with E-state index < -0.39 is 0 Å². The molecule has 6 nitrogen and oxygen atoms in total. The highest BCUT2D eigenvalue weighted by Crippen LogP contribution is 2.30. The third-order valence-corrected chi connectivity index (χ3v) is 5.92. The van der Waals surface area contributed by atoms with E-state index >= 15 is 0 Å². The van der Waals surface area contributed by atoms with Crippen LogP contribution in [-0.4, -0.2) is 41.4 Å². The lowest BCUT2D eigenvalue weighted by Crippen LogP contribution is -2.40. The van der Waals surface area contributed by atoms with Crippen LogP contribution in [0.4, 0.5) is 5.69 Å². The van der Waals surface area contributed by atoms with Gasteiger partial charge in [-0.1, -0.05) is 0 Å². The quantitative estimate of drug-likeness (QED) is 0.897. The van der Waals surface area contributed by atoms with Crippen LogP contribution in [0.25, 0.3) is 0 Å². The van der Waals surface area contributed by atoms with E-state index in [9.17, 15) is 9.59 Å². The van der Waals surface area contributed by atoms with Crippen molar-refractivity contribution in [2.75, 3.05) is 25.0 Å². The molecule has 0 saturated carbocycles. The monoisotopic (exact) mass is 371 g/mol. The van der Waals surface area contributed by atoms with E-state index in [4.69, 9.17) is 4.74 Å². The fraction of sp³-hybridized carbons (Fsp3) is 0.421. The largest absolute Gasteiger partial charge is 0.484 e. The Bertz CT molecular complexity index is 798. The number of likely N-dealkylation sites (tertiary alicyclic amines) is 1. The van der Waals surface area contributed by atoms with E-state index in [1.807, 2.05) is 28.6 Å². The number of carbonyl (C=O) groups excluding carboxylic acids is 2. The zero-order valence-corrected chi connectivity index (χ0v) is 15.3. The molecule has 1 fully saturated rings. The first-order valence-corrected chi connectivity index (χ1v) is 9.80. The predicted octanol–water partition coefficient (Wildman–Crippen LogP) is 2.81. The Morgan fingerprint density at radius 1 is 1.31 bits per heavy atom. The molecule has 2 aliphatic rings. The van der Waals surface area contributed by atoms with E-state index in [1.54, 1.807) is 17.4 Å². The van der Waals surface area contributed by atoms with E-state index in [-0.39, 0.29) is 18.4 Å². The number of aryl methyl sites for hydroxylation is 1. The molecule has 2 aromatic rings. The molecule has 136 valence electrons. The molecule has 2 aliphatic heterocycles. The highest BCUT2D eigenvalue weighted by molar-refractivity contribution is 7.09. The zero-order valence-electron chi connectivity index (χ0n) is 14.4. The fourth-order valence-corrected chi connectivity index (χ4v) is 4.31. The number of anilines is 1. The van der Waals surface area contributed by atoms with Gasteiger partial charge in [0.1, 0.15) is 5.75 Å². The van der Waals surface area contributed by atoms with E-state index in [0.717, 1.165) is 37.2 Å². The van der Waals surface area contributed by atoms with Crippen molar-refractivity contribution < 1.29 is 14.3 Å². The number of piperidine rings is 1. The minimum absolute atomic E-state index is 0.0219. The van der Waals surface area contributed by atoms with Gasteiger partial charge in [0.2, 0.25) is 5.91 Å². The number of nitrogens with one attached hydrogen (secondary N) is 1. The summed E-state index contributed by atoms with van der Waals surface area (Å²) in [5.74, 6) is 1.21. The van der Waals surface area contributed by atoms with Crippen molar-refractivity contribution in [3.8, 4) is 5.75 Å². The van der Waals surface area contributed by atoms with Gasteiger partial charge in [-0.25, -0.2) is 4.98 Å². The maximum absolute atomic E-state index is 12.4. The van der Waals surface area contributed by atoms with Crippen LogP contribution in [0.1, 0.15) is 35.8 Å². The molecule has 0 aliphatic carbocycles. The van der Waals surface area contributed by atoms with Crippen LogP contribution in [0.5, 0.6) is 5.75 Å². The SMILES string of the molecule is O=C1CCc2cc(OCC(=O)N3CCC(c4nccs4)CC3)ccc2N1. The molecule has 26 heavy (non-hydrogen) atoms. The number of nitrogens with zero attached hydrogens (tertiary/aromatic N) is 2. The van der Waals surface area contributed by atoms with Crippen LogP contribution >= 0.6 is 11.3 Å². The predicted molar refractivity (Wildman–Crippen MR) is 99.6 cm³/mol. The van der Waals surface area contributed by atoms with Crippen molar-refractivity contribution >= 4 is 28.8 Å². The molecule has 4 rings (SSSR count). The topological polar surface area (TPSA) is 71.5 Å². The smallest absolute Gasteiger partial charge is 0.260 e. The van der Waals surface area contributed by atoms with Crippen molar-refractivity contribution in [1.29, 1.82) is 0 Å². The van der Waals surface area contributed by atoms with Crippen molar-refractivity contribution in [3.63, 3.8) is 0 Å². The lowest BCUT2D eigenvalue weighted by molar-refractivity contribution is -0.134. The summed E-state index contributed by atoms with van der Waals surface area (Å²) in [5.41, 5.74) is 1.89. The summed E-state index contributed by atoms with van der Waals surface area (Å²) in [6.45, 7) is 1.55. The van der Waals surface area contributed by atoms with Gasteiger partial charge in [0.25, 0.3) is 5.91 Å². The maximum atomic E-state index is 12.4. The van der Waals surface area contributed by atoms with Gasteiger partial charge < -0.3 is 15.0 Å². The highest BCUT2D eigenvalue weighted by atomic mass is 32.1. The normalized spacial score (nSPS) is 17.5. The molecular formula is C19H21N3O3S. The lowest BCUT2D eigenvalue weighted by atomic mass is 9.97. The van der Waals surface area contributed by atoms with Crippen molar-refractivity contribution in [2.24, 2.45) is 0 Å². The minimum Gasteiger partial charge on any atom is -0.484 e. The van der Waals surface area contributed by atoms with Crippen LogP contribution in [-0.2, 0) is 16.0 Å². The Hall–Kier alpha value is -2.41. The molecule has 1 saturated heterocycles. The molecular weight excluding hydrogens is 350 g/mol. The number of ether oxygens (including phenoxy) is 1. The first kappa shape index (κ1) is 17.0. The van der Waals surface area contributed by atoms with Gasteiger partial charge >= 0.3 is 0 Å². The molecule has 0 atom stereocenters. The first-order chi connectivity index (χ1) is 12.7. The van der Waals surface area contributed by atoms with Gasteiger partial charge in [-0.15, -0.1) is 11.3 Å². The number of rotatable bonds is 4. The van der Waals surface area contributed by atoms with Gasteiger partial charge in [0, 0.05) is 42.7 Å². The Morgan fingerprint density at radius 2 is 2.15 bits per heavy atom. The number of benzene rings is 1. The van der Waals surface area contributed by atoms with E-state index in [0.29, 0.717) is 24.5 Å². The van der Waals surface area contributed by atoms with Crippen LogP contribution in [0.15, 0.2) is 29.8 Å². The summed E-state index contributed by atoms with van der Waals surface area (Å²) in [6.07, 6.45) is 4.95. The number of hydrogen-bond acceptors (Lipinski definition) is 5. The Kier molecular flexibility index (Phi) is 4.88.